The Morgan fingerprint density at radius 3 is 2.29 bits per heavy atom. The first-order valence-electron chi connectivity index (χ1n) is 1.22. The molecule has 0 aliphatic carbocycles. The zero-order chi connectivity index (χ0) is 4.99. The van der Waals surface area contributed by atoms with Crippen LogP contribution in [-0.2, 0) is 4.74 Å². The van der Waals surface area contributed by atoms with E-state index in [-0.39, 0.29) is 18.9 Å². The van der Waals surface area contributed by atoms with Crippen LogP contribution < -0.4 is 24.0 Å². The molecule has 1 N–H and O–H groups in total. The quantitative estimate of drug-likeness (QED) is 0.203. The van der Waals surface area contributed by atoms with Crippen LogP contribution in [0.3, 0.4) is 0 Å². The van der Waals surface area contributed by atoms with Gasteiger partial charge in [-0.15, -0.1) is 0 Å². The topological polar surface area (TPSA) is 69.6 Å². The molecule has 0 aliphatic rings. The van der Waals surface area contributed by atoms with Crippen molar-refractivity contribution in [2.45, 2.75) is 0 Å². The number of carbonyl (C=O) groups excluding carboxylic acids is 1. The second-order valence-electron chi connectivity index (χ2n) is 0.523. The Balaban J connectivity index is 0. The van der Waals surface area contributed by atoms with Crippen LogP contribution in [0.25, 0.3) is 0 Å². The van der Waals surface area contributed by atoms with Crippen molar-refractivity contribution < 1.29 is 38.6 Å². The van der Waals surface area contributed by atoms with Crippen LogP contribution in [0.2, 0.25) is 0 Å². The van der Waals surface area contributed by atoms with Crippen molar-refractivity contribution in [2.24, 2.45) is 0 Å². The van der Waals surface area contributed by atoms with E-state index in [4.69, 9.17) is 15.0 Å². The number of carbonyl (C=O) groups is 1. The van der Waals surface area contributed by atoms with E-state index in [0.717, 1.165) is 0 Å². The standard InChI is InChI=1S/C2H4O4.Li/c3-1-6-2(4)5;/h3H,1H2,(H,4,5);/q;+1/p-1. The molecule has 0 atom stereocenters. The van der Waals surface area contributed by atoms with E-state index in [0.29, 0.717) is 0 Å². The van der Waals surface area contributed by atoms with Crippen molar-refractivity contribution in [3.8, 4) is 0 Å². The molecular weight excluding hydrogens is 95.0 g/mol. The van der Waals surface area contributed by atoms with Crippen LogP contribution in [0, 0.1) is 0 Å². The van der Waals surface area contributed by atoms with E-state index < -0.39 is 12.9 Å². The monoisotopic (exact) mass is 98.0 g/mol. The first-order valence-corrected chi connectivity index (χ1v) is 1.22. The van der Waals surface area contributed by atoms with E-state index in [1.807, 2.05) is 0 Å². The fourth-order valence-corrected chi connectivity index (χ4v) is 0.0527. The summed E-state index contributed by atoms with van der Waals surface area (Å²) in [5, 5.41) is 16.7. The molecule has 0 unspecified atom stereocenters. The second-order valence-corrected chi connectivity index (χ2v) is 0.523. The summed E-state index contributed by atoms with van der Waals surface area (Å²) in [6.07, 6.45) is -1.71. The first kappa shape index (κ1) is 9.95. The summed E-state index contributed by atoms with van der Waals surface area (Å²) in [6.45, 7) is -0.831. The van der Waals surface area contributed by atoms with Gasteiger partial charge in [0.25, 0.3) is 6.16 Å². The summed E-state index contributed by atoms with van der Waals surface area (Å²) in [4.78, 5) is 9.11. The van der Waals surface area contributed by atoms with Crippen molar-refractivity contribution in [3.05, 3.63) is 0 Å². The number of hydrogen-bond acceptors (Lipinski definition) is 4. The van der Waals surface area contributed by atoms with Crippen LogP contribution in [0.4, 0.5) is 4.79 Å². The molecule has 7 heavy (non-hydrogen) atoms. The number of aliphatic hydroxyl groups excluding tert-OH is 1. The van der Waals surface area contributed by atoms with Crippen molar-refractivity contribution in [1.29, 1.82) is 0 Å². The van der Waals surface area contributed by atoms with Crippen LogP contribution in [0.1, 0.15) is 0 Å². The maximum atomic E-state index is 9.11. The van der Waals surface area contributed by atoms with Gasteiger partial charge in [-0.25, -0.2) is 0 Å². The Morgan fingerprint density at radius 1 is 1.86 bits per heavy atom. The van der Waals surface area contributed by atoms with Gasteiger partial charge in [-0.05, 0) is 0 Å². The molecule has 36 valence electrons. The number of hydrogen-bond donors (Lipinski definition) is 1. The molecular formula is C2H3LiO4. The molecule has 4 nitrogen and oxygen atoms in total. The summed E-state index contributed by atoms with van der Waals surface area (Å²) in [5.41, 5.74) is 0. The zero-order valence-electron chi connectivity index (χ0n) is 3.88. The van der Waals surface area contributed by atoms with Crippen LogP contribution in [-0.4, -0.2) is 18.1 Å². The average Bonchev–Trinajstić information content (AvgIpc) is 1.35. The fourth-order valence-electron chi connectivity index (χ4n) is 0.0527. The second kappa shape index (κ2) is 5.83. The summed E-state index contributed by atoms with van der Waals surface area (Å²) >= 11 is 0. The van der Waals surface area contributed by atoms with Gasteiger partial charge in [0, 0.05) is 0 Å². The molecule has 0 saturated carbocycles. The third kappa shape index (κ3) is 10.7. The van der Waals surface area contributed by atoms with Gasteiger partial charge in [-0.3, -0.25) is 0 Å². The van der Waals surface area contributed by atoms with Crippen LogP contribution >= 0.6 is 0 Å². The Bertz CT molecular complexity index is 53.7. The molecule has 0 heterocycles. The maximum absolute atomic E-state index is 9.11. The molecule has 0 radical (unpaired) electrons. The van der Waals surface area contributed by atoms with Crippen molar-refractivity contribution in [2.75, 3.05) is 6.79 Å². The Hall–Kier alpha value is -0.173. The Labute approximate surface area is 52.3 Å². The third-order valence-electron chi connectivity index (χ3n) is 0.182. The third-order valence-corrected chi connectivity index (χ3v) is 0.182. The molecule has 0 saturated heterocycles. The van der Waals surface area contributed by atoms with Crippen molar-refractivity contribution >= 4 is 6.16 Å². The van der Waals surface area contributed by atoms with Crippen molar-refractivity contribution in [1.82, 2.24) is 0 Å². The van der Waals surface area contributed by atoms with Crippen LogP contribution in [0.5, 0.6) is 0 Å². The fraction of sp³-hybridized carbons (Fsp3) is 0.500. The van der Waals surface area contributed by atoms with Gasteiger partial charge in [0.15, 0.2) is 0 Å². The molecule has 0 fully saturated rings. The first-order chi connectivity index (χ1) is 2.77. The SMILES string of the molecule is O=C([O-])OCO.[Li+]. The zero-order valence-corrected chi connectivity index (χ0v) is 3.88. The van der Waals surface area contributed by atoms with Gasteiger partial charge in [-0.2, -0.15) is 0 Å². The molecule has 0 aromatic carbocycles. The van der Waals surface area contributed by atoms with Gasteiger partial charge < -0.3 is 19.7 Å². The van der Waals surface area contributed by atoms with Gasteiger partial charge in [-0.1, -0.05) is 0 Å². The molecule has 5 heteroatoms. The van der Waals surface area contributed by atoms with Gasteiger partial charge in [0.1, 0.15) is 6.79 Å². The summed E-state index contributed by atoms with van der Waals surface area (Å²) in [7, 11) is 0. The molecule has 0 aliphatic heterocycles. The average molecular weight is 98.0 g/mol. The van der Waals surface area contributed by atoms with Crippen molar-refractivity contribution in [3.63, 3.8) is 0 Å². The van der Waals surface area contributed by atoms with E-state index >= 15 is 0 Å². The normalized spacial score (nSPS) is 6.43. The predicted octanol–water partition coefficient (Wildman–Crippen LogP) is -4.70. The molecule has 0 amide bonds. The van der Waals surface area contributed by atoms with E-state index in [1.165, 1.54) is 0 Å². The number of ether oxygens (including phenoxy) is 1. The van der Waals surface area contributed by atoms with E-state index in [9.17, 15) is 0 Å². The summed E-state index contributed by atoms with van der Waals surface area (Å²) in [6, 6.07) is 0. The molecule has 0 spiro atoms. The summed E-state index contributed by atoms with van der Waals surface area (Å²) < 4.78 is 3.40. The largest absolute Gasteiger partial charge is 1.00 e. The minimum Gasteiger partial charge on any atom is -0.524 e. The minimum absolute atomic E-state index is 0. The van der Waals surface area contributed by atoms with E-state index in [1.54, 1.807) is 0 Å². The van der Waals surface area contributed by atoms with E-state index in [2.05, 4.69) is 4.74 Å². The van der Waals surface area contributed by atoms with Gasteiger partial charge in [0.05, 0.1) is 0 Å². The molecule has 0 bridgehead atoms. The molecule has 0 aromatic heterocycles. The smallest absolute Gasteiger partial charge is 0.524 e. The number of carboxylic acid groups (broad SMARTS) is 1. The van der Waals surface area contributed by atoms with Gasteiger partial charge in [0.2, 0.25) is 0 Å². The maximum Gasteiger partial charge on any atom is 1.00 e. The molecule has 0 rings (SSSR count). The van der Waals surface area contributed by atoms with Gasteiger partial charge >= 0.3 is 18.9 Å². The minimum atomic E-state index is -1.71. The predicted molar refractivity (Wildman–Crippen MR) is 13.6 cm³/mol. The Morgan fingerprint density at radius 2 is 2.29 bits per heavy atom. The molecule has 0 aromatic rings. The number of aliphatic hydroxyl groups is 1. The number of rotatable bonds is 1. The van der Waals surface area contributed by atoms with Crippen LogP contribution in [0.15, 0.2) is 0 Å². The Kier molecular flexibility index (Phi) is 8.28. The summed E-state index contributed by atoms with van der Waals surface area (Å²) in [5.74, 6) is 0.